The Morgan fingerprint density at radius 1 is 1.32 bits per heavy atom. The van der Waals surface area contributed by atoms with Crippen LogP contribution in [0, 0.1) is 17.3 Å². The lowest BCUT2D eigenvalue weighted by Gasteiger charge is -2.44. The Kier molecular flexibility index (Phi) is 3.52. The first-order chi connectivity index (χ1) is 8.72. The molecular weight excluding hydrogens is 244 g/mol. The SMILES string of the molecule is C=C(C(=O)O)[C@@H]1CC[C@@H](C)[C@@]2(O)CC[C@@H](O)[C@]2(C)C1. The van der Waals surface area contributed by atoms with Crippen molar-refractivity contribution in [1.82, 2.24) is 0 Å². The third kappa shape index (κ3) is 2.01. The van der Waals surface area contributed by atoms with Gasteiger partial charge >= 0.3 is 5.97 Å². The first-order valence-electron chi connectivity index (χ1n) is 7.05. The lowest BCUT2D eigenvalue weighted by molar-refractivity contribution is -0.135. The fourth-order valence-corrected chi connectivity index (χ4v) is 4.15. The predicted octanol–water partition coefficient (Wildman–Crippen LogP) is 1.96. The van der Waals surface area contributed by atoms with E-state index in [0.717, 1.165) is 12.8 Å². The molecule has 0 bridgehead atoms. The van der Waals surface area contributed by atoms with E-state index in [-0.39, 0.29) is 17.4 Å². The van der Waals surface area contributed by atoms with Gasteiger partial charge in [-0.15, -0.1) is 0 Å². The monoisotopic (exact) mass is 268 g/mol. The van der Waals surface area contributed by atoms with Crippen LogP contribution in [0.15, 0.2) is 12.2 Å². The molecule has 2 saturated carbocycles. The van der Waals surface area contributed by atoms with Gasteiger partial charge in [-0.05, 0) is 43.9 Å². The van der Waals surface area contributed by atoms with E-state index in [1.165, 1.54) is 0 Å². The summed E-state index contributed by atoms with van der Waals surface area (Å²) in [5, 5.41) is 30.4. The van der Waals surface area contributed by atoms with Crippen molar-refractivity contribution in [3.8, 4) is 0 Å². The van der Waals surface area contributed by atoms with Crippen molar-refractivity contribution >= 4 is 5.97 Å². The minimum absolute atomic E-state index is 0.0706. The highest BCUT2D eigenvalue weighted by atomic mass is 16.4. The summed E-state index contributed by atoms with van der Waals surface area (Å²) in [6, 6.07) is 0. The van der Waals surface area contributed by atoms with Gasteiger partial charge in [0.05, 0.1) is 11.7 Å². The van der Waals surface area contributed by atoms with Crippen LogP contribution in [0.2, 0.25) is 0 Å². The van der Waals surface area contributed by atoms with Crippen molar-refractivity contribution in [1.29, 1.82) is 0 Å². The third-order valence-electron chi connectivity index (χ3n) is 5.72. The van der Waals surface area contributed by atoms with E-state index in [4.69, 9.17) is 5.11 Å². The van der Waals surface area contributed by atoms with Gasteiger partial charge in [0.15, 0.2) is 0 Å². The van der Waals surface area contributed by atoms with Crippen molar-refractivity contribution in [2.75, 3.05) is 0 Å². The van der Waals surface area contributed by atoms with E-state index in [2.05, 4.69) is 6.58 Å². The molecule has 0 amide bonds. The third-order valence-corrected chi connectivity index (χ3v) is 5.72. The number of carbonyl (C=O) groups is 1. The molecule has 2 aliphatic rings. The molecule has 5 atom stereocenters. The predicted molar refractivity (Wildman–Crippen MR) is 71.6 cm³/mol. The summed E-state index contributed by atoms with van der Waals surface area (Å²) >= 11 is 0. The molecule has 0 aliphatic heterocycles. The van der Waals surface area contributed by atoms with E-state index in [1.54, 1.807) is 0 Å². The standard InChI is InChI=1S/C15H24O4/c1-9-4-5-11(10(2)13(17)18)8-14(3)12(16)6-7-15(9,14)19/h9,11-12,16,19H,2,4-8H2,1,3H3,(H,17,18)/t9-,11-,12-,14+,15+/m1/s1. The molecule has 0 aromatic carbocycles. The Morgan fingerprint density at radius 3 is 2.53 bits per heavy atom. The fraction of sp³-hybridized carbons (Fsp3) is 0.800. The van der Waals surface area contributed by atoms with Gasteiger partial charge in [0.1, 0.15) is 0 Å². The molecule has 3 N–H and O–H groups in total. The molecule has 108 valence electrons. The molecule has 2 fully saturated rings. The number of rotatable bonds is 2. The number of hydrogen-bond acceptors (Lipinski definition) is 3. The maximum absolute atomic E-state index is 11.1. The quantitative estimate of drug-likeness (QED) is 0.669. The highest BCUT2D eigenvalue weighted by Gasteiger charge is 2.60. The molecule has 0 aromatic rings. The molecule has 0 radical (unpaired) electrons. The molecule has 4 nitrogen and oxygen atoms in total. The number of aliphatic carboxylic acids is 1. The van der Waals surface area contributed by atoms with Crippen LogP contribution in [-0.2, 0) is 4.79 Å². The highest BCUT2D eigenvalue weighted by molar-refractivity contribution is 5.86. The van der Waals surface area contributed by atoms with Gasteiger partial charge < -0.3 is 15.3 Å². The zero-order valence-electron chi connectivity index (χ0n) is 11.7. The van der Waals surface area contributed by atoms with Crippen molar-refractivity contribution in [2.24, 2.45) is 17.3 Å². The maximum Gasteiger partial charge on any atom is 0.331 e. The first-order valence-corrected chi connectivity index (χ1v) is 7.05. The second-order valence-corrected chi connectivity index (χ2v) is 6.61. The van der Waals surface area contributed by atoms with Gasteiger partial charge in [-0.3, -0.25) is 0 Å². The Bertz CT molecular complexity index is 405. The van der Waals surface area contributed by atoms with Crippen LogP contribution < -0.4 is 0 Å². The van der Waals surface area contributed by atoms with Crippen LogP contribution in [0.3, 0.4) is 0 Å². The van der Waals surface area contributed by atoms with Crippen LogP contribution in [0.5, 0.6) is 0 Å². The van der Waals surface area contributed by atoms with Gasteiger partial charge in [0, 0.05) is 11.0 Å². The number of carboxylic acid groups (broad SMARTS) is 1. The lowest BCUT2D eigenvalue weighted by atomic mass is 9.66. The fourth-order valence-electron chi connectivity index (χ4n) is 4.15. The van der Waals surface area contributed by atoms with E-state index >= 15 is 0 Å². The lowest BCUT2D eigenvalue weighted by Crippen LogP contribution is -2.50. The Labute approximate surface area is 114 Å². The summed E-state index contributed by atoms with van der Waals surface area (Å²) in [5.41, 5.74) is -1.32. The van der Waals surface area contributed by atoms with Crippen LogP contribution >= 0.6 is 0 Å². The van der Waals surface area contributed by atoms with E-state index in [9.17, 15) is 15.0 Å². The van der Waals surface area contributed by atoms with Gasteiger partial charge in [-0.2, -0.15) is 0 Å². The summed E-state index contributed by atoms with van der Waals surface area (Å²) in [4.78, 5) is 11.1. The largest absolute Gasteiger partial charge is 0.478 e. The molecular formula is C15H24O4. The number of aliphatic hydroxyl groups is 2. The molecule has 0 aromatic heterocycles. The minimum atomic E-state index is -0.973. The molecule has 19 heavy (non-hydrogen) atoms. The van der Waals surface area contributed by atoms with Crippen LogP contribution in [0.1, 0.15) is 46.0 Å². The number of aliphatic hydroxyl groups excluding tert-OH is 1. The summed E-state index contributed by atoms with van der Waals surface area (Å²) in [5.74, 6) is -1.06. The van der Waals surface area contributed by atoms with Crippen LogP contribution in [-0.4, -0.2) is 33.0 Å². The Balaban J connectivity index is 2.35. The minimum Gasteiger partial charge on any atom is -0.478 e. The Morgan fingerprint density at radius 2 is 1.95 bits per heavy atom. The van der Waals surface area contributed by atoms with Gasteiger partial charge in [-0.25, -0.2) is 4.79 Å². The highest BCUT2D eigenvalue weighted by Crippen LogP contribution is 2.57. The van der Waals surface area contributed by atoms with Crippen molar-refractivity contribution in [3.05, 3.63) is 12.2 Å². The molecule has 0 spiro atoms. The molecule has 0 heterocycles. The van der Waals surface area contributed by atoms with Crippen LogP contribution in [0.4, 0.5) is 0 Å². The summed E-state index contributed by atoms with van der Waals surface area (Å²) in [7, 11) is 0. The average molecular weight is 268 g/mol. The topological polar surface area (TPSA) is 77.8 Å². The smallest absolute Gasteiger partial charge is 0.331 e. The molecule has 0 saturated heterocycles. The van der Waals surface area contributed by atoms with Gasteiger partial charge in [0.2, 0.25) is 0 Å². The number of fused-ring (bicyclic) bond motifs is 1. The number of carboxylic acids is 1. The van der Waals surface area contributed by atoms with E-state index in [0.29, 0.717) is 19.3 Å². The molecule has 4 heteroatoms. The molecule has 0 unspecified atom stereocenters. The van der Waals surface area contributed by atoms with Crippen LogP contribution in [0.25, 0.3) is 0 Å². The van der Waals surface area contributed by atoms with E-state index in [1.807, 2.05) is 13.8 Å². The van der Waals surface area contributed by atoms with Gasteiger partial charge in [-0.1, -0.05) is 20.4 Å². The normalized spacial score (nSPS) is 46.4. The average Bonchev–Trinajstić information content (AvgIpc) is 2.52. The maximum atomic E-state index is 11.1. The van der Waals surface area contributed by atoms with Crippen molar-refractivity contribution in [2.45, 2.75) is 57.7 Å². The Hall–Kier alpha value is -0.870. The first kappa shape index (κ1) is 14.5. The van der Waals surface area contributed by atoms with E-state index < -0.39 is 23.1 Å². The second kappa shape index (κ2) is 4.60. The zero-order valence-corrected chi connectivity index (χ0v) is 11.7. The molecule has 2 rings (SSSR count). The van der Waals surface area contributed by atoms with Crippen molar-refractivity contribution in [3.63, 3.8) is 0 Å². The summed E-state index contributed by atoms with van der Waals surface area (Å²) < 4.78 is 0. The summed E-state index contributed by atoms with van der Waals surface area (Å²) in [6.45, 7) is 7.57. The van der Waals surface area contributed by atoms with Crippen molar-refractivity contribution < 1.29 is 20.1 Å². The summed E-state index contributed by atoms with van der Waals surface area (Å²) in [6.07, 6.45) is 2.61. The second-order valence-electron chi connectivity index (χ2n) is 6.61. The zero-order chi connectivity index (χ0) is 14.4. The number of hydrogen-bond donors (Lipinski definition) is 3. The van der Waals surface area contributed by atoms with Gasteiger partial charge in [0.25, 0.3) is 0 Å². The molecule has 2 aliphatic carbocycles.